The molecule has 33 heavy (non-hydrogen) atoms. The van der Waals surface area contributed by atoms with Crippen LogP contribution in [0.5, 0.6) is 5.75 Å². The van der Waals surface area contributed by atoms with Gasteiger partial charge in [-0.05, 0) is 61.9 Å². The molecule has 3 aromatic rings. The van der Waals surface area contributed by atoms with Gasteiger partial charge in [0.2, 0.25) is 0 Å². The molecule has 7 nitrogen and oxygen atoms in total. The molecule has 0 unspecified atom stereocenters. The highest BCUT2D eigenvalue weighted by Crippen LogP contribution is 2.33. The Labute approximate surface area is 194 Å². The van der Waals surface area contributed by atoms with Crippen molar-refractivity contribution in [3.63, 3.8) is 0 Å². The normalized spacial score (nSPS) is 18.9. The number of hydrogen-bond acceptors (Lipinski definition) is 7. The third kappa shape index (κ3) is 4.98. The summed E-state index contributed by atoms with van der Waals surface area (Å²) >= 11 is 0. The molecular weight excluding hydrogens is 414 g/mol. The number of phenolic OH excluding ortho intramolecular Hbond substituents is 1. The van der Waals surface area contributed by atoms with Crippen LogP contribution in [0.1, 0.15) is 30.4 Å². The Morgan fingerprint density at radius 3 is 2.85 bits per heavy atom. The van der Waals surface area contributed by atoms with E-state index in [4.69, 9.17) is 14.7 Å². The molecule has 0 bridgehead atoms. The van der Waals surface area contributed by atoms with Crippen molar-refractivity contribution in [2.24, 2.45) is 0 Å². The Kier molecular flexibility index (Phi) is 6.48. The zero-order chi connectivity index (χ0) is 22.5. The van der Waals surface area contributed by atoms with Crippen LogP contribution in [0.15, 0.2) is 61.1 Å². The second-order valence-corrected chi connectivity index (χ2v) is 8.48. The number of fused-ring (bicyclic) bond motifs is 1. The Morgan fingerprint density at radius 2 is 2.06 bits per heavy atom. The van der Waals surface area contributed by atoms with E-state index in [0.717, 1.165) is 73.6 Å². The number of phenols is 1. The third-order valence-electron chi connectivity index (χ3n) is 6.15. The predicted octanol–water partition coefficient (Wildman–Crippen LogP) is 4.34. The van der Waals surface area contributed by atoms with Crippen LogP contribution < -0.4 is 10.2 Å². The first-order chi connectivity index (χ1) is 16.3. The van der Waals surface area contributed by atoms with E-state index in [0.29, 0.717) is 12.4 Å². The summed E-state index contributed by atoms with van der Waals surface area (Å²) in [6.07, 6.45) is 12.8. The van der Waals surface area contributed by atoms with E-state index >= 15 is 0 Å². The molecule has 1 saturated heterocycles. The van der Waals surface area contributed by atoms with Crippen molar-refractivity contribution in [3.8, 4) is 17.1 Å². The van der Waals surface area contributed by atoms with E-state index in [1.165, 1.54) is 0 Å². The molecule has 2 aromatic heterocycles. The molecule has 0 radical (unpaired) electrons. The number of ether oxygens (including phenoxy) is 1. The number of aromatic hydroxyl groups is 1. The van der Waals surface area contributed by atoms with Crippen LogP contribution in [0.25, 0.3) is 11.4 Å². The molecule has 5 rings (SSSR count). The van der Waals surface area contributed by atoms with Gasteiger partial charge in [-0.3, -0.25) is 4.98 Å². The number of anilines is 2. The molecule has 1 atom stereocenters. The summed E-state index contributed by atoms with van der Waals surface area (Å²) in [5, 5.41) is 13.1. The first kappa shape index (κ1) is 21.4. The summed E-state index contributed by atoms with van der Waals surface area (Å²) in [6.45, 7) is 2.23. The molecule has 1 fully saturated rings. The van der Waals surface area contributed by atoms with Gasteiger partial charge >= 0.3 is 0 Å². The minimum Gasteiger partial charge on any atom is -0.508 e. The quantitative estimate of drug-likeness (QED) is 0.586. The maximum absolute atomic E-state index is 9.54. The predicted molar refractivity (Wildman–Crippen MR) is 129 cm³/mol. The fraction of sp³-hybridized carbons (Fsp3) is 0.346. The number of nitrogens with one attached hydrogen (secondary N) is 1. The molecule has 0 saturated carbocycles. The average molecular weight is 444 g/mol. The lowest BCUT2D eigenvalue weighted by atomic mass is 10.0. The van der Waals surface area contributed by atoms with Crippen LogP contribution in [0.2, 0.25) is 0 Å². The van der Waals surface area contributed by atoms with E-state index < -0.39 is 0 Å². The SMILES string of the molecule is Oc1ccc(CCNc2nc(-c3cccnc3)nc3c2CCC/C=C\N3[C@H]2CCOC2)cc1. The number of allylic oxidation sites excluding steroid dienone is 1. The van der Waals surface area contributed by atoms with Crippen LogP contribution in [-0.4, -0.2) is 45.9 Å². The van der Waals surface area contributed by atoms with Gasteiger partial charge in [-0.15, -0.1) is 0 Å². The number of rotatable bonds is 6. The van der Waals surface area contributed by atoms with Gasteiger partial charge in [-0.25, -0.2) is 9.97 Å². The van der Waals surface area contributed by atoms with Gasteiger partial charge in [0.05, 0.1) is 12.6 Å². The zero-order valence-electron chi connectivity index (χ0n) is 18.7. The van der Waals surface area contributed by atoms with Crippen LogP contribution in [0.3, 0.4) is 0 Å². The fourth-order valence-electron chi connectivity index (χ4n) is 4.37. The molecule has 2 aliphatic heterocycles. The second kappa shape index (κ2) is 10.0. The first-order valence-electron chi connectivity index (χ1n) is 11.6. The van der Waals surface area contributed by atoms with Gasteiger partial charge in [0.1, 0.15) is 17.4 Å². The molecule has 2 aliphatic rings. The van der Waals surface area contributed by atoms with E-state index in [9.17, 15) is 5.11 Å². The van der Waals surface area contributed by atoms with Gasteiger partial charge in [0, 0.05) is 42.9 Å². The van der Waals surface area contributed by atoms with Crippen molar-refractivity contribution in [3.05, 3.63) is 72.2 Å². The summed E-state index contributed by atoms with van der Waals surface area (Å²) in [7, 11) is 0. The number of pyridine rings is 1. The second-order valence-electron chi connectivity index (χ2n) is 8.48. The minimum absolute atomic E-state index is 0.277. The van der Waals surface area contributed by atoms with Crippen LogP contribution in [-0.2, 0) is 17.6 Å². The minimum atomic E-state index is 0.277. The van der Waals surface area contributed by atoms with Crippen LogP contribution >= 0.6 is 0 Å². The van der Waals surface area contributed by atoms with Gasteiger partial charge in [0.15, 0.2) is 5.82 Å². The molecule has 7 heteroatoms. The van der Waals surface area contributed by atoms with E-state index in [2.05, 4.69) is 27.5 Å². The Hall–Kier alpha value is -3.45. The lowest BCUT2D eigenvalue weighted by Crippen LogP contribution is -2.33. The van der Waals surface area contributed by atoms with Crippen molar-refractivity contribution in [2.45, 2.75) is 38.1 Å². The number of aromatic nitrogens is 3. The Morgan fingerprint density at radius 1 is 1.15 bits per heavy atom. The van der Waals surface area contributed by atoms with Crippen LogP contribution in [0.4, 0.5) is 11.6 Å². The third-order valence-corrected chi connectivity index (χ3v) is 6.15. The van der Waals surface area contributed by atoms with Crippen molar-refractivity contribution < 1.29 is 9.84 Å². The summed E-state index contributed by atoms with van der Waals surface area (Å²) in [5.74, 6) is 2.81. The molecule has 1 aromatic carbocycles. The molecular formula is C26H29N5O2. The van der Waals surface area contributed by atoms with E-state index in [-0.39, 0.29) is 11.8 Å². The maximum atomic E-state index is 9.54. The first-order valence-corrected chi connectivity index (χ1v) is 11.6. The highest BCUT2D eigenvalue weighted by atomic mass is 16.5. The Balaban J connectivity index is 1.50. The molecule has 170 valence electrons. The number of nitrogens with zero attached hydrogens (tertiary/aromatic N) is 4. The smallest absolute Gasteiger partial charge is 0.165 e. The molecule has 0 spiro atoms. The Bertz CT molecular complexity index is 1100. The zero-order valence-corrected chi connectivity index (χ0v) is 18.7. The highest BCUT2D eigenvalue weighted by molar-refractivity contribution is 5.67. The lowest BCUT2D eigenvalue weighted by molar-refractivity contribution is 0.194. The van der Waals surface area contributed by atoms with E-state index in [1.54, 1.807) is 18.3 Å². The van der Waals surface area contributed by atoms with Crippen molar-refractivity contribution >= 4 is 11.6 Å². The van der Waals surface area contributed by atoms with Crippen molar-refractivity contribution in [1.29, 1.82) is 0 Å². The number of benzene rings is 1. The standard InChI is InChI=1S/C26H29N5O2/c32-22-9-7-19(8-10-22)11-14-28-25-23-6-2-1-3-15-31(21-12-16-33-18-21)26(23)30-24(29-25)20-5-4-13-27-17-20/h3-5,7-10,13,15,17,21,32H,1-2,6,11-12,14,16,18H2,(H,28,29,30)/b15-3-/t21-/m0/s1. The maximum Gasteiger partial charge on any atom is 0.165 e. The van der Waals surface area contributed by atoms with Crippen LogP contribution in [0, 0.1) is 0 Å². The van der Waals surface area contributed by atoms with Gasteiger partial charge in [0.25, 0.3) is 0 Å². The lowest BCUT2D eigenvalue weighted by Gasteiger charge is -2.30. The van der Waals surface area contributed by atoms with Crippen molar-refractivity contribution in [1.82, 2.24) is 15.0 Å². The summed E-state index contributed by atoms with van der Waals surface area (Å²) in [5.41, 5.74) is 3.22. The molecule has 0 amide bonds. The van der Waals surface area contributed by atoms with Gasteiger partial charge in [-0.1, -0.05) is 18.2 Å². The largest absolute Gasteiger partial charge is 0.508 e. The number of hydrogen-bond donors (Lipinski definition) is 2. The van der Waals surface area contributed by atoms with Gasteiger partial charge < -0.3 is 20.1 Å². The molecule has 4 heterocycles. The highest BCUT2D eigenvalue weighted by Gasteiger charge is 2.28. The fourth-order valence-corrected chi connectivity index (χ4v) is 4.37. The monoisotopic (exact) mass is 443 g/mol. The van der Waals surface area contributed by atoms with Gasteiger partial charge in [-0.2, -0.15) is 0 Å². The van der Waals surface area contributed by atoms with E-state index in [1.807, 2.05) is 30.5 Å². The average Bonchev–Trinajstić information content (AvgIpc) is 3.36. The molecule has 0 aliphatic carbocycles. The topological polar surface area (TPSA) is 83.4 Å². The summed E-state index contributed by atoms with van der Waals surface area (Å²) in [6, 6.07) is 11.5. The summed E-state index contributed by atoms with van der Waals surface area (Å²) in [4.78, 5) is 16.6. The van der Waals surface area contributed by atoms with Crippen molar-refractivity contribution in [2.75, 3.05) is 30.0 Å². The summed E-state index contributed by atoms with van der Waals surface area (Å²) < 4.78 is 5.70. The molecule has 2 N–H and O–H groups in total.